The van der Waals surface area contributed by atoms with Gasteiger partial charge in [0.2, 0.25) is 15.9 Å². The number of benzene rings is 2. The molecule has 0 saturated heterocycles. The molecule has 168 valence electrons. The maximum absolute atomic E-state index is 12.6. The number of carbonyl (C=O) groups is 2. The Morgan fingerprint density at radius 1 is 1.00 bits per heavy atom. The Bertz CT molecular complexity index is 1020. The number of amides is 2. The largest absolute Gasteiger partial charge is 0.444 e. The molecule has 2 aromatic rings. The van der Waals surface area contributed by atoms with E-state index >= 15 is 0 Å². The van der Waals surface area contributed by atoms with Crippen LogP contribution >= 0.6 is 0 Å². The third-order valence-corrected chi connectivity index (χ3v) is 5.97. The van der Waals surface area contributed by atoms with Gasteiger partial charge in [0.25, 0.3) is 0 Å². The van der Waals surface area contributed by atoms with Crippen molar-refractivity contribution in [3.8, 4) is 0 Å². The van der Waals surface area contributed by atoms with Crippen molar-refractivity contribution in [3.05, 3.63) is 60.2 Å². The summed E-state index contributed by atoms with van der Waals surface area (Å²) in [5, 5.41) is 2.70. The zero-order chi connectivity index (χ0) is 23.2. The van der Waals surface area contributed by atoms with Crippen LogP contribution in [-0.2, 0) is 26.1 Å². The molecule has 2 rings (SSSR count). The number of likely N-dealkylation sites (N-methyl/N-ethyl adjacent to an activating group) is 1. The summed E-state index contributed by atoms with van der Waals surface area (Å²) < 4.78 is 31.4. The molecule has 0 radical (unpaired) electrons. The number of anilines is 1. The van der Waals surface area contributed by atoms with Crippen molar-refractivity contribution in [3.63, 3.8) is 0 Å². The number of hydrogen-bond acceptors (Lipinski definition) is 5. The number of carbonyl (C=O) groups excluding carboxylic acids is 2. The summed E-state index contributed by atoms with van der Waals surface area (Å²) in [6, 6.07) is 14.9. The van der Waals surface area contributed by atoms with Gasteiger partial charge in [-0.3, -0.25) is 4.79 Å². The van der Waals surface area contributed by atoms with E-state index in [0.29, 0.717) is 12.2 Å². The Kier molecular flexibility index (Phi) is 7.80. The molecule has 0 aliphatic carbocycles. The third kappa shape index (κ3) is 7.37. The molecule has 2 aromatic carbocycles. The highest BCUT2D eigenvalue weighted by molar-refractivity contribution is 7.89. The van der Waals surface area contributed by atoms with E-state index < -0.39 is 27.6 Å². The zero-order valence-electron chi connectivity index (χ0n) is 18.5. The maximum atomic E-state index is 12.6. The molecule has 0 aliphatic rings. The molecule has 2 amide bonds. The Labute approximate surface area is 183 Å². The van der Waals surface area contributed by atoms with Crippen LogP contribution in [0.5, 0.6) is 0 Å². The van der Waals surface area contributed by atoms with Gasteiger partial charge in [-0.25, -0.2) is 13.2 Å². The van der Waals surface area contributed by atoms with Crippen LogP contribution in [0.25, 0.3) is 0 Å². The normalized spacial score (nSPS) is 11.8. The van der Waals surface area contributed by atoms with E-state index in [1.165, 1.54) is 24.1 Å². The first-order chi connectivity index (χ1) is 14.4. The molecule has 0 spiro atoms. The molecule has 0 aromatic heterocycles. The predicted octanol–water partition coefficient (Wildman–Crippen LogP) is 3.31. The lowest BCUT2D eigenvalue weighted by Crippen LogP contribution is -2.35. The van der Waals surface area contributed by atoms with Gasteiger partial charge in [-0.2, -0.15) is 4.31 Å². The van der Waals surface area contributed by atoms with Crippen LogP contribution < -0.4 is 5.32 Å². The summed E-state index contributed by atoms with van der Waals surface area (Å²) in [5.41, 5.74) is 0.704. The Morgan fingerprint density at radius 3 is 2.26 bits per heavy atom. The molecule has 8 nitrogen and oxygen atoms in total. The summed E-state index contributed by atoms with van der Waals surface area (Å²) in [6.45, 7) is 5.35. The van der Waals surface area contributed by atoms with Crippen LogP contribution in [0.1, 0.15) is 26.3 Å². The van der Waals surface area contributed by atoms with Crippen molar-refractivity contribution in [1.82, 2.24) is 9.21 Å². The minimum atomic E-state index is -3.76. The number of rotatable bonds is 7. The van der Waals surface area contributed by atoms with Gasteiger partial charge in [0.15, 0.2) is 0 Å². The maximum Gasteiger partial charge on any atom is 0.410 e. The fourth-order valence-corrected chi connectivity index (χ4v) is 3.83. The SMILES string of the molecule is CN(Cc1cccc(NC(=O)CN(C)S(=O)(=O)c2ccccc2)c1)C(=O)OC(C)(C)C. The van der Waals surface area contributed by atoms with E-state index in [0.717, 1.165) is 9.87 Å². The Hall–Kier alpha value is -2.91. The molecule has 0 heterocycles. The van der Waals surface area contributed by atoms with Gasteiger partial charge in [0.05, 0.1) is 11.4 Å². The zero-order valence-corrected chi connectivity index (χ0v) is 19.3. The molecule has 0 fully saturated rings. The van der Waals surface area contributed by atoms with Gasteiger partial charge in [-0.15, -0.1) is 0 Å². The monoisotopic (exact) mass is 447 g/mol. The molecule has 9 heteroatoms. The minimum absolute atomic E-state index is 0.123. The predicted molar refractivity (Wildman–Crippen MR) is 119 cm³/mol. The number of nitrogens with zero attached hydrogens (tertiary/aromatic N) is 2. The highest BCUT2D eigenvalue weighted by Gasteiger charge is 2.23. The molecule has 0 saturated carbocycles. The average molecular weight is 448 g/mol. The van der Waals surface area contributed by atoms with Gasteiger partial charge < -0.3 is 15.0 Å². The van der Waals surface area contributed by atoms with Crippen molar-refractivity contribution < 1.29 is 22.7 Å². The first-order valence-electron chi connectivity index (χ1n) is 9.73. The van der Waals surface area contributed by atoms with Crippen molar-refractivity contribution in [1.29, 1.82) is 0 Å². The van der Waals surface area contributed by atoms with Gasteiger partial charge in [0, 0.05) is 26.3 Å². The lowest BCUT2D eigenvalue weighted by atomic mass is 10.2. The summed E-state index contributed by atoms with van der Waals surface area (Å²) in [5.74, 6) is -0.473. The summed E-state index contributed by atoms with van der Waals surface area (Å²) >= 11 is 0. The van der Waals surface area contributed by atoms with Gasteiger partial charge in [-0.1, -0.05) is 30.3 Å². The average Bonchev–Trinajstić information content (AvgIpc) is 2.67. The van der Waals surface area contributed by atoms with Crippen molar-refractivity contribution in [2.75, 3.05) is 26.0 Å². The van der Waals surface area contributed by atoms with E-state index in [-0.39, 0.29) is 11.4 Å². The Morgan fingerprint density at radius 2 is 1.65 bits per heavy atom. The second-order valence-corrected chi connectivity index (χ2v) is 10.2. The molecular formula is C22H29N3O5S. The summed E-state index contributed by atoms with van der Waals surface area (Å²) in [7, 11) is -0.778. The first-order valence-corrected chi connectivity index (χ1v) is 11.2. The fraction of sp³-hybridized carbons (Fsp3) is 0.364. The molecule has 0 bridgehead atoms. The van der Waals surface area contributed by atoms with Crippen molar-refractivity contribution in [2.45, 2.75) is 37.8 Å². The van der Waals surface area contributed by atoms with Gasteiger partial charge in [-0.05, 0) is 50.6 Å². The third-order valence-electron chi connectivity index (χ3n) is 4.15. The van der Waals surface area contributed by atoms with E-state index in [2.05, 4.69) is 5.32 Å². The molecule has 31 heavy (non-hydrogen) atoms. The summed E-state index contributed by atoms with van der Waals surface area (Å²) in [6.07, 6.45) is -0.449. The van der Waals surface area contributed by atoms with Crippen LogP contribution in [0.4, 0.5) is 10.5 Å². The van der Waals surface area contributed by atoms with Crippen molar-refractivity contribution >= 4 is 27.7 Å². The highest BCUT2D eigenvalue weighted by atomic mass is 32.2. The minimum Gasteiger partial charge on any atom is -0.444 e. The number of ether oxygens (including phenoxy) is 1. The van der Waals surface area contributed by atoms with Crippen LogP contribution in [-0.4, -0.2) is 55.9 Å². The molecule has 0 atom stereocenters. The standard InChI is InChI=1S/C22H29N3O5S/c1-22(2,3)30-21(27)24(4)15-17-10-9-11-18(14-17)23-20(26)16-25(5)31(28,29)19-12-7-6-8-13-19/h6-14H,15-16H2,1-5H3,(H,23,26). The van der Waals surface area contributed by atoms with E-state index in [9.17, 15) is 18.0 Å². The highest BCUT2D eigenvalue weighted by Crippen LogP contribution is 2.16. The molecule has 1 N–H and O–H groups in total. The quantitative estimate of drug-likeness (QED) is 0.702. The number of hydrogen-bond donors (Lipinski definition) is 1. The number of nitrogens with one attached hydrogen (secondary N) is 1. The van der Waals surface area contributed by atoms with Crippen LogP contribution in [0, 0.1) is 0 Å². The van der Waals surface area contributed by atoms with E-state index in [4.69, 9.17) is 4.74 Å². The first kappa shape index (κ1) is 24.4. The molecule has 0 unspecified atom stereocenters. The smallest absolute Gasteiger partial charge is 0.410 e. The topological polar surface area (TPSA) is 96.0 Å². The Balaban J connectivity index is 1.99. The fourth-order valence-electron chi connectivity index (χ4n) is 2.69. The molecule has 0 aliphatic heterocycles. The van der Waals surface area contributed by atoms with Crippen LogP contribution in [0.15, 0.2) is 59.5 Å². The van der Waals surface area contributed by atoms with Crippen LogP contribution in [0.3, 0.4) is 0 Å². The van der Waals surface area contributed by atoms with Crippen LogP contribution in [0.2, 0.25) is 0 Å². The summed E-state index contributed by atoms with van der Waals surface area (Å²) in [4.78, 5) is 26.1. The van der Waals surface area contributed by atoms with E-state index in [1.54, 1.807) is 64.2 Å². The second kappa shape index (κ2) is 9.93. The number of sulfonamides is 1. The lowest BCUT2D eigenvalue weighted by Gasteiger charge is -2.24. The lowest BCUT2D eigenvalue weighted by molar-refractivity contribution is -0.116. The van der Waals surface area contributed by atoms with E-state index in [1.807, 2.05) is 6.07 Å². The van der Waals surface area contributed by atoms with Crippen molar-refractivity contribution in [2.24, 2.45) is 0 Å². The van der Waals surface area contributed by atoms with Gasteiger partial charge >= 0.3 is 6.09 Å². The van der Waals surface area contributed by atoms with Gasteiger partial charge in [0.1, 0.15) is 5.60 Å². The second-order valence-electron chi connectivity index (χ2n) is 8.16. The molecular weight excluding hydrogens is 418 g/mol.